The number of ether oxygens (including phenoxy) is 1. The van der Waals surface area contributed by atoms with Gasteiger partial charge >= 0.3 is 6.09 Å². The molecule has 1 fully saturated rings. The van der Waals surface area contributed by atoms with Crippen LogP contribution < -0.4 is 0 Å². The van der Waals surface area contributed by atoms with Gasteiger partial charge in [0.15, 0.2) is 0 Å². The summed E-state index contributed by atoms with van der Waals surface area (Å²) in [5, 5.41) is 10.9. The van der Waals surface area contributed by atoms with Gasteiger partial charge in [0.1, 0.15) is 5.60 Å². The first-order valence-corrected chi connectivity index (χ1v) is 9.59. The van der Waals surface area contributed by atoms with E-state index in [1.807, 2.05) is 39.0 Å². The van der Waals surface area contributed by atoms with E-state index in [-0.39, 0.29) is 12.1 Å². The molecule has 1 saturated heterocycles. The Morgan fingerprint density at radius 1 is 1.23 bits per heavy atom. The van der Waals surface area contributed by atoms with Crippen molar-refractivity contribution in [2.45, 2.75) is 65.3 Å². The molecule has 5 nitrogen and oxygen atoms in total. The molecule has 1 aliphatic heterocycles. The number of amides is 1. The van der Waals surface area contributed by atoms with E-state index in [0.717, 1.165) is 19.5 Å². The van der Waals surface area contributed by atoms with Crippen LogP contribution in [0.25, 0.3) is 0 Å². The number of β-amino-alcohol motifs (C(OH)–C–C–N with tert-alkyl or cyclic N) is 1. The van der Waals surface area contributed by atoms with Gasteiger partial charge in [0.2, 0.25) is 0 Å². The highest BCUT2D eigenvalue weighted by Crippen LogP contribution is 2.22. The van der Waals surface area contributed by atoms with Gasteiger partial charge in [-0.1, -0.05) is 44.2 Å². The number of aliphatic hydroxyl groups excluding tert-OH is 1. The van der Waals surface area contributed by atoms with E-state index in [2.05, 4.69) is 30.9 Å². The predicted octanol–water partition coefficient (Wildman–Crippen LogP) is 3.51. The molecule has 0 aromatic heterocycles. The molecule has 26 heavy (non-hydrogen) atoms. The van der Waals surface area contributed by atoms with E-state index < -0.39 is 11.7 Å². The van der Waals surface area contributed by atoms with Gasteiger partial charge < -0.3 is 14.7 Å². The lowest BCUT2D eigenvalue weighted by atomic mass is 9.98. The van der Waals surface area contributed by atoms with Crippen molar-refractivity contribution < 1.29 is 14.6 Å². The van der Waals surface area contributed by atoms with Crippen molar-refractivity contribution in [3.8, 4) is 0 Å². The third kappa shape index (κ3) is 6.29. The van der Waals surface area contributed by atoms with Crippen molar-refractivity contribution in [2.24, 2.45) is 5.92 Å². The fraction of sp³-hybridized carbons (Fsp3) is 0.667. The molecule has 2 rings (SSSR count). The normalized spacial score (nSPS) is 22.3. The fourth-order valence-corrected chi connectivity index (χ4v) is 3.40. The summed E-state index contributed by atoms with van der Waals surface area (Å²) in [7, 11) is 0. The highest BCUT2D eigenvalue weighted by molar-refractivity contribution is 5.68. The molecule has 0 spiro atoms. The summed E-state index contributed by atoms with van der Waals surface area (Å²) in [6.07, 6.45) is -0.153. The van der Waals surface area contributed by atoms with Gasteiger partial charge in [-0.05, 0) is 38.7 Å². The molecule has 1 aromatic rings. The molecule has 1 amide bonds. The van der Waals surface area contributed by atoms with Crippen LogP contribution in [0.2, 0.25) is 0 Å². The summed E-state index contributed by atoms with van der Waals surface area (Å²) < 4.78 is 5.60. The zero-order valence-corrected chi connectivity index (χ0v) is 16.8. The van der Waals surface area contributed by atoms with E-state index in [0.29, 0.717) is 19.0 Å². The van der Waals surface area contributed by atoms with Gasteiger partial charge in [-0.25, -0.2) is 4.79 Å². The van der Waals surface area contributed by atoms with Gasteiger partial charge in [-0.3, -0.25) is 4.90 Å². The van der Waals surface area contributed by atoms with Gasteiger partial charge in [0.05, 0.1) is 12.1 Å². The molecule has 0 aliphatic carbocycles. The standard InChI is InChI=1S/C21H34N2O3/c1-16(2)13-18-19(24)15-22(14-17-9-7-6-8-10-17)11-12-23(18)20(25)26-21(3,4)5/h6-10,16,18-19,24H,11-15H2,1-5H3. The Morgan fingerprint density at radius 3 is 2.46 bits per heavy atom. The van der Waals surface area contributed by atoms with E-state index >= 15 is 0 Å². The first-order valence-electron chi connectivity index (χ1n) is 9.59. The highest BCUT2D eigenvalue weighted by Gasteiger charge is 2.36. The fourth-order valence-electron chi connectivity index (χ4n) is 3.40. The lowest BCUT2D eigenvalue weighted by Gasteiger charge is -2.34. The van der Waals surface area contributed by atoms with Gasteiger partial charge in [-0.2, -0.15) is 0 Å². The van der Waals surface area contributed by atoms with Gasteiger partial charge in [-0.15, -0.1) is 0 Å². The second kappa shape index (κ2) is 8.87. The van der Waals surface area contributed by atoms with Crippen LogP contribution in [-0.4, -0.2) is 58.4 Å². The molecular formula is C21H34N2O3. The molecule has 2 atom stereocenters. The van der Waals surface area contributed by atoms with Crippen molar-refractivity contribution >= 4 is 6.09 Å². The molecule has 146 valence electrons. The number of rotatable bonds is 4. The molecule has 5 heteroatoms. The predicted molar refractivity (Wildman–Crippen MR) is 104 cm³/mol. The number of benzene rings is 1. The summed E-state index contributed by atoms with van der Waals surface area (Å²) >= 11 is 0. The van der Waals surface area contributed by atoms with Crippen LogP contribution >= 0.6 is 0 Å². The average Bonchev–Trinajstić information content (AvgIpc) is 2.66. The summed E-state index contributed by atoms with van der Waals surface area (Å²) in [5.41, 5.74) is 0.673. The summed E-state index contributed by atoms with van der Waals surface area (Å²) in [4.78, 5) is 16.7. The van der Waals surface area contributed by atoms with Crippen LogP contribution in [0.1, 0.15) is 46.6 Å². The Morgan fingerprint density at radius 2 is 1.88 bits per heavy atom. The number of hydrogen-bond acceptors (Lipinski definition) is 4. The number of carbonyl (C=O) groups is 1. The highest BCUT2D eigenvalue weighted by atomic mass is 16.6. The molecule has 1 N–H and O–H groups in total. The smallest absolute Gasteiger partial charge is 0.410 e. The zero-order chi connectivity index (χ0) is 19.3. The monoisotopic (exact) mass is 362 g/mol. The van der Waals surface area contributed by atoms with E-state index in [4.69, 9.17) is 4.74 Å². The maximum atomic E-state index is 12.7. The van der Waals surface area contributed by atoms with E-state index in [9.17, 15) is 9.90 Å². The van der Waals surface area contributed by atoms with Crippen LogP contribution in [0.4, 0.5) is 4.79 Å². The van der Waals surface area contributed by atoms with Crippen LogP contribution in [0.3, 0.4) is 0 Å². The Hall–Kier alpha value is -1.59. The number of aliphatic hydroxyl groups is 1. The summed E-state index contributed by atoms with van der Waals surface area (Å²) in [5.74, 6) is 0.389. The van der Waals surface area contributed by atoms with E-state index in [1.165, 1.54) is 5.56 Å². The average molecular weight is 363 g/mol. The third-order valence-electron chi connectivity index (χ3n) is 4.54. The minimum absolute atomic E-state index is 0.217. The van der Waals surface area contributed by atoms with Crippen molar-refractivity contribution in [1.82, 2.24) is 9.80 Å². The zero-order valence-electron chi connectivity index (χ0n) is 16.8. The topological polar surface area (TPSA) is 53.0 Å². The maximum Gasteiger partial charge on any atom is 0.410 e. The lowest BCUT2D eigenvalue weighted by molar-refractivity contribution is -0.00437. The molecule has 1 aliphatic rings. The minimum atomic E-state index is -0.587. The van der Waals surface area contributed by atoms with Crippen molar-refractivity contribution in [3.05, 3.63) is 35.9 Å². The summed E-state index contributed by atoms with van der Waals surface area (Å²) in [6.45, 7) is 12.5. The van der Waals surface area contributed by atoms with Crippen LogP contribution in [0, 0.1) is 5.92 Å². The van der Waals surface area contributed by atoms with Crippen molar-refractivity contribution in [2.75, 3.05) is 19.6 Å². The number of hydrogen-bond donors (Lipinski definition) is 1. The Bertz CT molecular complexity index is 568. The Labute approximate surface area is 157 Å². The Kier molecular flexibility index (Phi) is 7.07. The SMILES string of the molecule is CC(C)CC1C(O)CN(Cc2ccccc2)CCN1C(=O)OC(C)(C)C. The molecule has 2 unspecified atom stereocenters. The van der Waals surface area contributed by atoms with Gasteiger partial charge in [0.25, 0.3) is 0 Å². The molecule has 0 bridgehead atoms. The first kappa shape index (κ1) is 20.7. The molecule has 0 radical (unpaired) electrons. The minimum Gasteiger partial charge on any atom is -0.444 e. The third-order valence-corrected chi connectivity index (χ3v) is 4.54. The van der Waals surface area contributed by atoms with Crippen molar-refractivity contribution in [3.63, 3.8) is 0 Å². The molecule has 1 heterocycles. The van der Waals surface area contributed by atoms with Crippen LogP contribution in [0.15, 0.2) is 30.3 Å². The number of carbonyl (C=O) groups excluding carboxylic acids is 1. The van der Waals surface area contributed by atoms with E-state index in [1.54, 1.807) is 4.90 Å². The van der Waals surface area contributed by atoms with Crippen LogP contribution in [-0.2, 0) is 11.3 Å². The van der Waals surface area contributed by atoms with Gasteiger partial charge in [0, 0.05) is 26.2 Å². The molecule has 0 saturated carbocycles. The summed E-state index contributed by atoms with van der Waals surface area (Å²) in [6, 6.07) is 10.0. The van der Waals surface area contributed by atoms with Crippen LogP contribution in [0.5, 0.6) is 0 Å². The van der Waals surface area contributed by atoms with Crippen molar-refractivity contribution in [1.29, 1.82) is 0 Å². The Balaban J connectivity index is 2.14. The second-order valence-corrected chi connectivity index (χ2v) is 8.66. The lowest BCUT2D eigenvalue weighted by Crippen LogP contribution is -2.49. The second-order valence-electron chi connectivity index (χ2n) is 8.66. The quantitative estimate of drug-likeness (QED) is 0.890. The molecular weight excluding hydrogens is 328 g/mol. The largest absolute Gasteiger partial charge is 0.444 e. The molecule has 1 aromatic carbocycles. The maximum absolute atomic E-state index is 12.7. The number of nitrogens with zero attached hydrogens (tertiary/aromatic N) is 2. The first-order chi connectivity index (χ1) is 12.2.